The fourth-order valence-electron chi connectivity index (χ4n) is 2.42. The van der Waals surface area contributed by atoms with Crippen molar-refractivity contribution in [1.82, 2.24) is 0 Å². The molecule has 1 saturated carbocycles. The molecule has 2 atom stereocenters. The molecule has 1 aromatic rings. The second-order valence-corrected chi connectivity index (χ2v) is 5.49. The van der Waals surface area contributed by atoms with E-state index >= 15 is 0 Å². The summed E-state index contributed by atoms with van der Waals surface area (Å²) >= 11 is 1.72. The van der Waals surface area contributed by atoms with Crippen LogP contribution in [-0.4, -0.2) is 16.7 Å². The first-order valence-electron chi connectivity index (χ1n) is 5.67. The van der Waals surface area contributed by atoms with Gasteiger partial charge in [0.05, 0.1) is 5.60 Å². The minimum absolute atomic E-state index is 0.200. The molecule has 2 unspecified atom stereocenters. The van der Waals surface area contributed by atoms with E-state index in [1.54, 1.807) is 11.3 Å². The topological polar surface area (TPSA) is 46.2 Å². The highest BCUT2D eigenvalue weighted by Gasteiger charge is 2.32. The molecule has 84 valence electrons. The molecule has 3 N–H and O–H groups in total. The van der Waals surface area contributed by atoms with Crippen molar-refractivity contribution < 1.29 is 5.11 Å². The zero-order valence-electron chi connectivity index (χ0n) is 8.98. The van der Waals surface area contributed by atoms with Gasteiger partial charge in [-0.25, -0.2) is 0 Å². The number of rotatable bonds is 3. The van der Waals surface area contributed by atoms with E-state index in [4.69, 9.17) is 5.73 Å². The van der Waals surface area contributed by atoms with Crippen molar-refractivity contribution in [2.24, 2.45) is 5.73 Å². The van der Waals surface area contributed by atoms with Gasteiger partial charge in [0.2, 0.25) is 0 Å². The fraction of sp³-hybridized carbons (Fsp3) is 0.667. The van der Waals surface area contributed by atoms with Gasteiger partial charge in [-0.1, -0.05) is 0 Å². The number of hydrogen-bond acceptors (Lipinski definition) is 3. The van der Waals surface area contributed by atoms with Crippen LogP contribution in [0.2, 0.25) is 0 Å². The van der Waals surface area contributed by atoms with Crippen LogP contribution < -0.4 is 5.73 Å². The van der Waals surface area contributed by atoms with Gasteiger partial charge in [0.15, 0.2) is 0 Å². The SMILES string of the molecule is NC1CCCC(O)(CCc2ccsc2)C1. The molecule has 1 heterocycles. The van der Waals surface area contributed by atoms with Gasteiger partial charge in [0.25, 0.3) is 0 Å². The van der Waals surface area contributed by atoms with Crippen LogP contribution in [0.1, 0.15) is 37.7 Å². The Morgan fingerprint density at radius 2 is 2.47 bits per heavy atom. The zero-order valence-corrected chi connectivity index (χ0v) is 9.80. The molecule has 1 aliphatic carbocycles. The van der Waals surface area contributed by atoms with Crippen molar-refractivity contribution in [3.05, 3.63) is 22.4 Å². The molecular formula is C12H19NOS. The number of nitrogens with two attached hydrogens (primary N) is 1. The molecule has 0 bridgehead atoms. The van der Waals surface area contributed by atoms with Gasteiger partial charge in [-0.2, -0.15) is 11.3 Å². The normalized spacial score (nSPS) is 31.7. The summed E-state index contributed by atoms with van der Waals surface area (Å²) in [5.74, 6) is 0. The van der Waals surface area contributed by atoms with Gasteiger partial charge in [0.1, 0.15) is 0 Å². The molecule has 2 rings (SSSR count). The third-order valence-electron chi connectivity index (χ3n) is 3.32. The van der Waals surface area contributed by atoms with Crippen LogP contribution in [0.15, 0.2) is 16.8 Å². The molecular weight excluding hydrogens is 206 g/mol. The number of aliphatic hydroxyl groups is 1. The van der Waals surface area contributed by atoms with Gasteiger partial charge in [-0.3, -0.25) is 0 Å². The maximum Gasteiger partial charge on any atom is 0.0665 e. The fourth-order valence-corrected chi connectivity index (χ4v) is 3.13. The summed E-state index contributed by atoms with van der Waals surface area (Å²) in [6.45, 7) is 0. The van der Waals surface area contributed by atoms with Crippen LogP contribution in [0, 0.1) is 0 Å². The standard InChI is InChI=1S/C12H19NOS/c13-11-2-1-5-12(14,8-11)6-3-10-4-7-15-9-10/h4,7,9,11,14H,1-3,5-6,8,13H2. The van der Waals surface area contributed by atoms with E-state index in [1.807, 2.05) is 0 Å². The average molecular weight is 225 g/mol. The second-order valence-electron chi connectivity index (χ2n) is 4.71. The maximum absolute atomic E-state index is 10.4. The number of aryl methyl sites for hydroxylation is 1. The van der Waals surface area contributed by atoms with E-state index in [1.165, 1.54) is 5.56 Å². The summed E-state index contributed by atoms with van der Waals surface area (Å²) in [6, 6.07) is 2.34. The zero-order chi connectivity index (χ0) is 10.7. The van der Waals surface area contributed by atoms with E-state index in [2.05, 4.69) is 16.8 Å². The Bertz CT molecular complexity index is 299. The van der Waals surface area contributed by atoms with Crippen LogP contribution in [0.3, 0.4) is 0 Å². The van der Waals surface area contributed by atoms with Crippen molar-refractivity contribution >= 4 is 11.3 Å². The van der Waals surface area contributed by atoms with Crippen LogP contribution >= 0.6 is 11.3 Å². The van der Waals surface area contributed by atoms with Crippen molar-refractivity contribution in [3.63, 3.8) is 0 Å². The third-order valence-corrected chi connectivity index (χ3v) is 4.05. The largest absolute Gasteiger partial charge is 0.390 e. The van der Waals surface area contributed by atoms with Crippen LogP contribution in [-0.2, 0) is 6.42 Å². The molecule has 1 aliphatic rings. The lowest BCUT2D eigenvalue weighted by Gasteiger charge is -2.35. The minimum atomic E-state index is -0.500. The summed E-state index contributed by atoms with van der Waals surface area (Å²) in [6.07, 6.45) is 5.67. The van der Waals surface area contributed by atoms with E-state index in [0.29, 0.717) is 0 Å². The van der Waals surface area contributed by atoms with Crippen molar-refractivity contribution in [3.8, 4) is 0 Å². The maximum atomic E-state index is 10.4. The molecule has 0 aliphatic heterocycles. The van der Waals surface area contributed by atoms with E-state index in [9.17, 15) is 5.11 Å². The summed E-state index contributed by atoms with van der Waals surface area (Å²) in [4.78, 5) is 0. The highest BCUT2D eigenvalue weighted by molar-refractivity contribution is 7.07. The molecule has 0 radical (unpaired) electrons. The molecule has 1 aromatic heterocycles. The minimum Gasteiger partial charge on any atom is -0.390 e. The first-order valence-corrected chi connectivity index (χ1v) is 6.61. The third kappa shape index (κ3) is 3.03. The Hall–Kier alpha value is -0.380. The van der Waals surface area contributed by atoms with Gasteiger partial charge in [-0.05, 0) is 60.9 Å². The predicted octanol–water partition coefficient (Wildman–Crippen LogP) is 2.31. The molecule has 0 spiro atoms. The molecule has 15 heavy (non-hydrogen) atoms. The highest BCUT2D eigenvalue weighted by Crippen LogP contribution is 2.31. The van der Waals surface area contributed by atoms with E-state index in [-0.39, 0.29) is 6.04 Å². The quantitative estimate of drug-likeness (QED) is 0.829. The van der Waals surface area contributed by atoms with Crippen molar-refractivity contribution in [1.29, 1.82) is 0 Å². The van der Waals surface area contributed by atoms with Crippen LogP contribution in [0.25, 0.3) is 0 Å². The van der Waals surface area contributed by atoms with Crippen LogP contribution in [0.4, 0.5) is 0 Å². The molecule has 1 fully saturated rings. The summed E-state index contributed by atoms with van der Waals surface area (Å²) in [5.41, 5.74) is 6.74. The monoisotopic (exact) mass is 225 g/mol. The summed E-state index contributed by atoms with van der Waals surface area (Å²) in [5, 5.41) is 14.6. The Balaban J connectivity index is 1.87. The second kappa shape index (κ2) is 4.64. The van der Waals surface area contributed by atoms with Gasteiger partial charge in [0, 0.05) is 6.04 Å². The number of thiophene rings is 1. The highest BCUT2D eigenvalue weighted by atomic mass is 32.1. The van der Waals surface area contributed by atoms with Gasteiger partial charge < -0.3 is 10.8 Å². The lowest BCUT2D eigenvalue weighted by molar-refractivity contribution is -0.00956. The molecule has 2 nitrogen and oxygen atoms in total. The van der Waals surface area contributed by atoms with Gasteiger partial charge >= 0.3 is 0 Å². The van der Waals surface area contributed by atoms with Crippen molar-refractivity contribution in [2.75, 3.05) is 0 Å². The summed E-state index contributed by atoms with van der Waals surface area (Å²) < 4.78 is 0. The molecule has 0 saturated heterocycles. The Kier molecular flexibility index (Phi) is 3.44. The average Bonchev–Trinajstić information content (AvgIpc) is 2.67. The number of hydrogen-bond donors (Lipinski definition) is 2. The van der Waals surface area contributed by atoms with E-state index in [0.717, 1.165) is 38.5 Å². The Morgan fingerprint density at radius 3 is 3.13 bits per heavy atom. The van der Waals surface area contributed by atoms with E-state index < -0.39 is 5.60 Å². The molecule has 0 amide bonds. The first-order chi connectivity index (χ1) is 7.18. The summed E-state index contributed by atoms with van der Waals surface area (Å²) in [7, 11) is 0. The Morgan fingerprint density at radius 1 is 1.60 bits per heavy atom. The lowest BCUT2D eigenvalue weighted by Crippen LogP contribution is -2.41. The van der Waals surface area contributed by atoms with Crippen LogP contribution in [0.5, 0.6) is 0 Å². The van der Waals surface area contributed by atoms with Gasteiger partial charge in [-0.15, -0.1) is 0 Å². The first kappa shape index (κ1) is 11.1. The molecule has 0 aromatic carbocycles. The molecule has 3 heteroatoms. The lowest BCUT2D eigenvalue weighted by atomic mass is 9.79. The smallest absolute Gasteiger partial charge is 0.0665 e. The van der Waals surface area contributed by atoms with Crippen molar-refractivity contribution in [2.45, 2.75) is 50.2 Å². The predicted molar refractivity (Wildman–Crippen MR) is 64.0 cm³/mol. The Labute approximate surface area is 95.1 Å².